The van der Waals surface area contributed by atoms with Gasteiger partial charge in [-0.05, 0) is 36.3 Å². The van der Waals surface area contributed by atoms with Crippen molar-refractivity contribution < 1.29 is 0 Å². The van der Waals surface area contributed by atoms with E-state index in [9.17, 15) is 0 Å². The highest BCUT2D eigenvalue weighted by molar-refractivity contribution is 5.54. The van der Waals surface area contributed by atoms with Crippen molar-refractivity contribution in [3.8, 4) is 0 Å². The van der Waals surface area contributed by atoms with Crippen molar-refractivity contribution in [1.82, 2.24) is 5.32 Å². The van der Waals surface area contributed by atoms with Crippen molar-refractivity contribution in [3.05, 3.63) is 41.0 Å². The summed E-state index contributed by atoms with van der Waals surface area (Å²) in [6, 6.07) is 9.63. The van der Waals surface area contributed by atoms with E-state index < -0.39 is 0 Å². The lowest BCUT2D eigenvalue weighted by atomic mass is 9.83. The number of hydrogen-bond acceptors (Lipinski definition) is 1. The third-order valence-corrected chi connectivity index (χ3v) is 4.58. The van der Waals surface area contributed by atoms with Crippen LogP contribution >= 0.6 is 0 Å². The molecule has 21 heavy (non-hydrogen) atoms. The Labute approximate surface area is 130 Å². The van der Waals surface area contributed by atoms with Gasteiger partial charge in [-0.2, -0.15) is 0 Å². The molecular formula is C20H31N. The van der Waals surface area contributed by atoms with Gasteiger partial charge >= 0.3 is 0 Å². The molecule has 1 heteroatoms. The van der Waals surface area contributed by atoms with Gasteiger partial charge in [0.2, 0.25) is 0 Å². The van der Waals surface area contributed by atoms with Gasteiger partial charge in [0.25, 0.3) is 0 Å². The van der Waals surface area contributed by atoms with Crippen LogP contribution in [0, 0.1) is 5.92 Å². The van der Waals surface area contributed by atoms with Gasteiger partial charge in [-0.3, -0.25) is 0 Å². The zero-order valence-electron chi connectivity index (χ0n) is 14.0. The first kappa shape index (κ1) is 16.3. The summed E-state index contributed by atoms with van der Waals surface area (Å²) in [5.41, 5.74) is 4.39. The molecule has 116 valence electrons. The SMILES string of the molecule is CCc1ccc(/C=C(/CNC(C)C)C2CCCCC2)cc1. The van der Waals surface area contributed by atoms with Crippen molar-refractivity contribution >= 4 is 6.08 Å². The van der Waals surface area contributed by atoms with Crippen LogP contribution in [0.4, 0.5) is 0 Å². The van der Waals surface area contributed by atoms with E-state index in [1.54, 1.807) is 5.57 Å². The first-order valence-electron chi connectivity index (χ1n) is 8.72. The summed E-state index contributed by atoms with van der Waals surface area (Å²) in [4.78, 5) is 0. The Hall–Kier alpha value is -1.08. The van der Waals surface area contributed by atoms with E-state index in [2.05, 4.69) is 56.4 Å². The monoisotopic (exact) mass is 285 g/mol. The summed E-state index contributed by atoms with van der Waals surface area (Å²) >= 11 is 0. The van der Waals surface area contributed by atoms with Crippen molar-refractivity contribution in [3.63, 3.8) is 0 Å². The molecule has 1 N–H and O–H groups in total. The van der Waals surface area contributed by atoms with E-state index in [0.29, 0.717) is 6.04 Å². The Kier molecular flexibility index (Phi) is 6.50. The lowest BCUT2D eigenvalue weighted by molar-refractivity contribution is 0.394. The van der Waals surface area contributed by atoms with Crippen molar-refractivity contribution in [2.24, 2.45) is 5.92 Å². The molecule has 0 bridgehead atoms. The van der Waals surface area contributed by atoms with Gasteiger partial charge in [-0.25, -0.2) is 0 Å². The highest BCUT2D eigenvalue weighted by atomic mass is 14.9. The lowest BCUT2D eigenvalue weighted by Crippen LogP contribution is -2.27. The van der Waals surface area contributed by atoms with Crippen LogP contribution in [0.5, 0.6) is 0 Å². The number of benzene rings is 1. The molecule has 2 rings (SSSR count). The molecule has 1 saturated carbocycles. The minimum atomic E-state index is 0.555. The Balaban J connectivity index is 2.12. The average Bonchev–Trinajstić information content (AvgIpc) is 2.52. The van der Waals surface area contributed by atoms with Crippen LogP contribution in [0.15, 0.2) is 29.8 Å². The molecule has 0 atom stereocenters. The van der Waals surface area contributed by atoms with Gasteiger partial charge < -0.3 is 5.32 Å². The quantitative estimate of drug-likeness (QED) is 0.756. The van der Waals surface area contributed by atoms with Crippen molar-refractivity contribution in [1.29, 1.82) is 0 Å². The standard InChI is InChI=1S/C20H31N/c1-4-17-10-12-18(13-11-17)14-20(15-21-16(2)3)19-8-6-5-7-9-19/h10-14,16,19,21H,4-9,15H2,1-3H3/b20-14-. The zero-order chi connectivity index (χ0) is 15.1. The van der Waals surface area contributed by atoms with Crippen LogP contribution in [0.25, 0.3) is 6.08 Å². The molecule has 1 aliphatic rings. The summed E-state index contributed by atoms with van der Waals surface area (Å²) in [5, 5.41) is 3.62. The molecule has 0 aromatic heterocycles. The van der Waals surface area contributed by atoms with Crippen LogP contribution in [-0.4, -0.2) is 12.6 Å². The van der Waals surface area contributed by atoms with E-state index in [1.807, 2.05) is 0 Å². The molecule has 0 amide bonds. The molecule has 0 saturated heterocycles. The van der Waals surface area contributed by atoms with Crippen molar-refractivity contribution in [2.75, 3.05) is 6.54 Å². The van der Waals surface area contributed by atoms with Gasteiger partial charge in [0.05, 0.1) is 0 Å². The molecule has 0 spiro atoms. The van der Waals surface area contributed by atoms with Gasteiger partial charge in [0.1, 0.15) is 0 Å². The minimum Gasteiger partial charge on any atom is -0.311 e. The second kappa shape index (κ2) is 8.38. The van der Waals surface area contributed by atoms with Crippen molar-refractivity contribution in [2.45, 2.75) is 65.3 Å². The Morgan fingerprint density at radius 3 is 2.38 bits per heavy atom. The first-order chi connectivity index (χ1) is 10.2. The molecular weight excluding hydrogens is 254 g/mol. The summed E-state index contributed by atoms with van der Waals surface area (Å²) in [6.45, 7) is 7.71. The fourth-order valence-electron chi connectivity index (χ4n) is 3.17. The third-order valence-electron chi connectivity index (χ3n) is 4.58. The Morgan fingerprint density at radius 2 is 1.81 bits per heavy atom. The molecule has 0 aliphatic heterocycles. The highest BCUT2D eigenvalue weighted by Gasteiger charge is 2.17. The smallest absolute Gasteiger partial charge is 0.0173 e. The van der Waals surface area contributed by atoms with Gasteiger partial charge in [0.15, 0.2) is 0 Å². The number of aryl methyl sites for hydroxylation is 1. The Bertz CT molecular complexity index is 435. The number of rotatable bonds is 6. The first-order valence-corrected chi connectivity index (χ1v) is 8.72. The predicted octanol–water partition coefficient (Wildman–Crippen LogP) is 5.21. The fourth-order valence-corrected chi connectivity index (χ4v) is 3.17. The topological polar surface area (TPSA) is 12.0 Å². The number of hydrogen-bond donors (Lipinski definition) is 1. The second-order valence-electron chi connectivity index (χ2n) is 6.68. The summed E-state index contributed by atoms with van der Waals surface area (Å²) in [7, 11) is 0. The molecule has 1 aromatic rings. The van der Waals surface area contributed by atoms with E-state index in [1.165, 1.54) is 43.2 Å². The van der Waals surface area contributed by atoms with Crippen LogP contribution < -0.4 is 5.32 Å². The molecule has 0 radical (unpaired) electrons. The van der Waals surface area contributed by atoms with Crippen LogP contribution in [0.1, 0.15) is 64.0 Å². The minimum absolute atomic E-state index is 0.555. The molecule has 1 fully saturated rings. The second-order valence-corrected chi connectivity index (χ2v) is 6.68. The largest absolute Gasteiger partial charge is 0.311 e. The fraction of sp³-hybridized carbons (Fsp3) is 0.600. The molecule has 0 unspecified atom stereocenters. The van der Waals surface area contributed by atoms with E-state index in [4.69, 9.17) is 0 Å². The maximum Gasteiger partial charge on any atom is 0.0173 e. The summed E-state index contributed by atoms with van der Waals surface area (Å²) < 4.78 is 0. The van der Waals surface area contributed by atoms with E-state index in [-0.39, 0.29) is 0 Å². The Morgan fingerprint density at radius 1 is 1.14 bits per heavy atom. The highest BCUT2D eigenvalue weighted by Crippen LogP contribution is 2.30. The molecule has 1 aliphatic carbocycles. The van der Waals surface area contributed by atoms with E-state index >= 15 is 0 Å². The van der Waals surface area contributed by atoms with Gasteiger partial charge in [-0.1, -0.05) is 75.9 Å². The molecule has 1 nitrogen and oxygen atoms in total. The van der Waals surface area contributed by atoms with Crippen LogP contribution in [0.2, 0.25) is 0 Å². The zero-order valence-corrected chi connectivity index (χ0v) is 14.0. The maximum atomic E-state index is 3.62. The number of nitrogens with one attached hydrogen (secondary N) is 1. The van der Waals surface area contributed by atoms with Gasteiger partial charge in [-0.15, -0.1) is 0 Å². The molecule has 0 heterocycles. The third kappa shape index (κ3) is 5.32. The summed E-state index contributed by atoms with van der Waals surface area (Å²) in [5.74, 6) is 0.788. The predicted molar refractivity (Wildman–Crippen MR) is 93.5 cm³/mol. The lowest BCUT2D eigenvalue weighted by Gasteiger charge is -2.26. The maximum absolute atomic E-state index is 3.62. The summed E-state index contributed by atoms with van der Waals surface area (Å²) in [6.07, 6.45) is 10.5. The molecule has 1 aromatic carbocycles. The van der Waals surface area contributed by atoms with Crippen LogP contribution in [0.3, 0.4) is 0 Å². The van der Waals surface area contributed by atoms with E-state index in [0.717, 1.165) is 18.9 Å². The average molecular weight is 285 g/mol. The van der Waals surface area contributed by atoms with Gasteiger partial charge in [0, 0.05) is 12.6 Å². The van der Waals surface area contributed by atoms with Crippen LogP contribution in [-0.2, 0) is 6.42 Å². The normalized spacial score (nSPS) is 17.4.